The maximum absolute atomic E-state index is 12.7. The molecule has 24 heavy (non-hydrogen) atoms. The van der Waals surface area contributed by atoms with Gasteiger partial charge in [-0.3, -0.25) is 14.9 Å². The normalized spacial score (nSPS) is 16.1. The summed E-state index contributed by atoms with van der Waals surface area (Å²) in [5, 5.41) is 17.2. The molecule has 0 saturated carbocycles. The number of piperidine rings is 1. The van der Waals surface area contributed by atoms with Crippen LogP contribution in [-0.4, -0.2) is 37.6 Å². The average Bonchev–Trinajstić information content (AvgIpc) is 2.54. The Kier molecular flexibility index (Phi) is 7.59. The van der Waals surface area contributed by atoms with Gasteiger partial charge in [-0.15, -0.1) is 12.4 Å². The van der Waals surface area contributed by atoms with E-state index in [1.54, 1.807) is 26.2 Å². The van der Waals surface area contributed by atoms with Crippen molar-refractivity contribution >= 4 is 24.0 Å². The Hall–Kier alpha value is -1.70. The number of carbonyl (C=O) groups excluding carboxylic acids is 1. The molecule has 2 rings (SSSR count). The number of hydrogen-bond donors (Lipinski definition) is 2. The third-order valence-electron chi connectivity index (χ3n) is 4.52. The van der Waals surface area contributed by atoms with Crippen LogP contribution < -0.4 is 10.6 Å². The highest BCUT2D eigenvalue weighted by molar-refractivity contribution is 5.85. The lowest BCUT2D eigenvalue weighted by molar-refractivity contribution is -0.385. The van der Waals surface area contributed by atoms with Gasteiger partial charge in [-0.25, -0.2) is 0 Å². The Morgan fingerprint density at radius 3 is 2.67 bits per heavy atom. The van der Waals surface area contributed by atoms with Crippen molar-refractivity contribution in [3.05, 3.63) is 39.4 Å². The van der Waals surface area contributed by atoms with Gasteiger partial charge < -0.3 is 15.4 Å². The molecule has 7 nitrogen and oxygen atoms in total. The monoisotopic (exact) mass is 357 g/mol. The Morgan fingerprint density at radius 1 is 1.42 bits per heavy atom. The lowest BCUT2D eigenvalue weighted by Crippen LogP contribution is -2.50. The van der Waals surface area contributed by atoms with Crippen molar-refractivity contribution in [2.45, 2.75) is 26.3 Å². The highest BCUT2D eigenvalue weighted by Gasteiger charge is 2.39. The van der Waals surface area contributed by atoms with Crippen LogP contribution in [-0.2, 0) is 16.1 Å². The van der Waals surface area contributed by atoms with Crippen LogP contribution in [0.1, 0.15) is 24.0 Å². The van der Waals surface area contributed by atoms with Gasteiger partial charge in [0.1, 0.15) is 0 Å². The summed E-state index contributed by atoms with van der Waals surface area (Å²) >= 11 is 0. The number of nitrogens with zero attached hydrogens (tertiary/aromatic N) is 1. The Morgan fingerprint density at radius 2 is 2.08 bits per heavy atom. The fraction of sp³-hybridized carbons (Fsp3) is 0.562. The third kappa shape index (κ3) is 4.43. The molecule has 1 aromatic rings. The van der Waals surface area contributed by atoms with Crippen LogP contribution in [0.2, 0.25) is 0 Å². The maximum Gasteiger partial charge on any atom is 0.272 e. The first-order chi connectivity index (χ1) is 11.0. The topological polar surface area (TPSA) is 93.5 Å². The van der Waals surface area contributed by atoms with Gasteiger partial charge in [-0.2, -0.15) is 0 Å². The van der Waals surface area contributed by atoms with Gasteiger partial charge >= 0.3 is 0 Å². The number of carbonyl (C=O) groups is 1. The first-order valence-corrected chi connectivity index (χ1v) is 7.71. The molecule has 1 aliphatic rings. The Balaban J connectivity index is 0.00000288. The van der Waals surface area contributed by atoms with Crippen LogP contribution in [0.25, 0.3) is 0 Å². The van der Waals surface area contributed by atoms with E-state index in [4.69, 9.17) is 4.74 Å². The Labute approximate surface area is 147 Å². The van der Waals surface area contributed by atoms with Gasteiger partial charge in [0, 0.05) is 25.3 Å². The molecule has 0 unspecified atom stereocenters. The van der Waals surface area contributed by atoms with E-state index in [-0.39, 0.29) is 30.5 Å². The molecule has 1 fully saturated rings. The van der Waals surface area contributed by atoms with Crippen molar-refractivity contribution < 1.29 is 14.5 Å². The molecular weight excluding hydrogens is 334 g/mol. The van der Waals surface area contributed by atoms with Gasteiger partial charge in [-0.05, 0) is 38.4 Å². The molecule has 0 atom stereocenters. The number of hydrogen-bond acceptors (Lipinski definition) is 5. The molecule has 1 amide bonds. The first-order valence-electron chi connectivity index (χ1n) is 7.71. The summed E-state index contributed by atoms with van der Waals surface area (Å²) < 4.78 is 5.25. The van der Waals surface area contributed by atoms with Crippen LogP contribution >= 0.6 is 12.4 Å². The van der Waals surface area contributed by atoms with Crippen molar-refractivity contribution in [1.82, 2.24) is 10.6 Å². The molecular formula is C16H24ClN3O4. The van der Waals surface area contributed by atoms with E-state index < -0.39 is 10.3 Å². The molecule has 0 spiro atoms. The van der Waals surface area contributed by atoms with E-state index in [1.807, 2.05) is 0 Å². The minimum atomic E-state index is -0.519. The van der Waals surface area contributed by atoms with Crippen molar-refractivity contribution in [2.75, 3.05) is 26.8 Å². The molecule has 0 radical (unpaired) electrons. The van der Waals surface area contributed by atoms with E-state index in [1.165, 1.54) is 6.07 Å². The Bertz CT molecular complexity index is 583. The lowest BCUT2D eigenvalue weighted by Gasteiger charge is -2.35. The molecule has 1 aliphatic heterocycles. The number of ether oxygens (including phenoxy) is 1. The second-order valence-corrected chi connectivity index (χ2v) is 5.96. The van der Waals surface area contributed by atoms with Gasteiger partial charge in [0.2, 0.25) is 5.91 Å². The molecule has 0 aromatic heterocycles. The molecule has 0 bridgehead atoms. The minimum absolute atomic E-state index is 0. The molecule has 2 N–H and O–H groups in total. The summed E-state index contributed by atoms with van der Waals surface area (Å²) in [6.07, 6.45) is 1.45. The fourth-order valence-electron chi connectivity index (χ4n) is 3.04. The van der Waals surface area contributed by atoms with Gasteiger partial charge in [0.15, 0.2) is 0 Å². The predicted molar refractivity (Wildman–Crippen MR) is 93.3 cm³/mol. The second kappa shape index (κ2) is 8.96. The van der Waals surface area contributed by atoms with E-state index in [9.17, 15) is 14.9 Å². The molecule has 1 saturated heterocycles. The predicted octanol–water partition coefficient (Wildman–Crippen LogP) is 1.96. The van der Waals surface area contributed by atoms with Crippen LogP contribution in [0.3, 0.4) is 0 Å². The summed E-state index contributed by atoms with van der Waals surface area (Å²) in [4.78, 5) is 23.2. The molecule has 8 heteroatoms. The molecule has 134 valence electrons. The largest absolute Gasteiger partial charge is 0.384 e. The number of methoxy groups -OCH3 is 1. The van der Waals surface area contributed by atoms with Crippen LogP contribution in [0.15, 0.2) is 18.2 Å². The second-order valence-electron chi connectivity index (χ2n) is 5.96. The summed E-state index contributed by atoms with van der Waals surface area (Å²) in [5.74, 6) is -0.0493. The van der Waals surface area contributed by atoms with Crippen LogP contribution in [0.5, 0.6) is 0 Å². The highest BCUT2D eigenvalue weighted by Crippen LogP contribution is 2.30. The first kappa shape index (κ1) is 20.3. The van der Waals surface area contributed by atoms with E-state index in [0.29, 0.717) is 12.2 Å². The van der Waals surface area contributed by atoms with Gasteiger partial charge in [0.05, 0.1) is 16.9 Å². The van der Waals surface area contributed by atoms with Gasteiger partial charge in [0.25, 0.3) is 5.69 Å². The van der Waals surface area contributed by atoms with Gasteiger partial charge in [-0.1, -0.05) is 12.1 Å². The number of halogens is 1. The quantitative estimate of drug-likeness (QED) is 0.599. The van der Waals surface area contributed by atoms with Crippen molar-refractivity contribution in [2.24, 2.45) is 5.41 Å². The summed E-state index contributed by atoms with van der Waals surface area (Å²) in [7, 11) is 1.60. The zero-order chi connectivity index (χ0) is 16.9. The SMILES string of the molecule is COCC1(C(=O)NCc2cccc([N+](=O)[O-])c2C)CCNCC1.Cl. The number of amides is 1. The highest BCUT2D eigenvalue weighted by atomic mass is 35.5. The van der Waals surface area contributed by atoms with Crippen LogP contribution in [0, 0.1) is 22.5 Å². The van der Waals surface area contributed by atoms with Crippen molar-refractivity contribution in [3.8, 4) is 0 Å². The zero-order valence-electron chi connectivity index (χ0n) is 14.0. The summed E-state index contributed by atoms with van der Waals surface area (Å²) in [6, 6.07) is 4.91. The van der Waals surface area contributed by atoms with Crippen molar-refractivity contribution in [1.29, 1.82) is 0 Å². The number of rotatable bonds is 6. The molecule has 1 aromatic carbocycles. The van der Waals surface area contributed by atoms with Crippen LogP contribution in [0.4, 0.5) is 5.69 Å². The number of nitrogens with one attached hydrogen (secondary N) is 2. The number of benzene rings is 1. The summed E-state index contributed by atoms with van der Waals surface area (Å²) in [6.45, 7) is 3.94. The van der Waals surface area contributed by atoms with E-state index in [0.717, 1.165) is 31.5 Å². The number of nitro groups is 1. The average molecular weight is 358 g/mol. The number of nitro benzene ring substituents is 1. The third-order valence-corrected chi connectivity index (χ3v) is 4.52. The standard InChI is InChI=1S/C16H23N3O4.ClH/c1-12-13(4-3-5-14(12)19(21)22)10-18-15(20)16(11-23-2)6-8-17-9-7-16;/h3-5,17H,6-11H2,1-2H3,(H,18,20);1H. The van der Waals surface area contributed by atoms with Crippen molar-refractivity contribution in [3.63, 3.8) is 0 Å². The lowest BCUT2D eigenvalue weighted by atomic mass is 9.78. The van der Waals surface area contributed by atoms with E-state index >= 15 is 0 Å². The molecule has 1 heterocycles. The maximum atomic E-state index is 12.7. The molecule has 0 aliphatic carbocycles. The van der Waals surface area contributed by atoms with E-state index in [2.05, 4.69) is 10.6 Å². The fourth-order valence-corrected chi connectivity index (χ4v) is 3.04. The smallest absolute Gasteiger partial charge is 0.272 e. The summed E-state index contributed by atoms with van der Waals surface area (Å²) in [5.41, 5.74) is 0.900. The minimum Gasteiger partial charge on any atom is -0.384 e. The zero-order valence-corrected chi connectivity index (χ0v) is 14.8.